The van der Waals surface area contributed by atoms with Gasteiger partial charge in [-0.25, -0.2) is 13.1 Å². The zero-order valence-corrected chi connectivity index (χ0v) is 15.5. The standard InChI is InChI=1S/C16H18N4O3S2/c1-12-14(8-10-23-12)15-18-19-16(20(15)2)24-11-9-17-25(21,22)13-6-4-3-5-7-13/h3-8,10,17H,9,11H2,1-2H3. The smallest absolute Gasteiger partial charge is 0.240 e. The number of nitrogens with zero attached hydrogens (tertiary/aromatic N) is 3. The summed E-state index contributed by atoms with van der Waals surface area (Å²) in [5.74, 6) is 2.05. The van der Waals surface area contributed by atoms with E-state index < -0.39 is 10.0 Å². The minimum absolute atomic E-state index is 0.261. The van der Waals surface area contributed by atoms with E-state index in [1.165, 1.54) is 11.8 Å². The Bertz CT molecular complexity index is 949. The highest BCUT2D eigenvalue weighted by atomic mass is 32.2. The average Bonchev–Trinajstić information content (AvgIpc) is 3.18. The number of nitrogens with one attached hydrogen (secondary N) is 1. The Morgan fingerprint density at radius 3 is 2.64 bits per heavy atom. The Morgan fingerprint density at radius 1 is 1.20 bits per heavy atom. The molecule has 3 aromatic rings. The van der Waals surface area contributed by atoms with Crippen molar-refractivity contribution in [2.24, 2.45) is 7.05 Å². The summed E-state index contributed by atoms with van der Waals surface area (Å²) in [5.41, 5.74) is 0.895. The van der Waals surface area contributed by atoms with Gasteiger partial charge in [0, 0.05) is 19.3 Å². The molecule has 0 spiro atoms. The van der Waals surface area contributed by atoms with Crippen LogP contribution in [-0.4, -0.2) is 35.5 Å². The SMILES string of the molecule is Cc1occc1-c1nnc(SCCNS(=O)(=O)c2ccccc2)n1C. The Morgan fingerprint density at radius 2 is 1.96 bits per heavy atom. The number of hydrogen-bond donors (Lipinski definition) is 1. The molecule has 0 bridgehead atoms. The van der Waals surface area contributed by atoms with Gasteiger partial charge in [0.05, 0.1) is 16.7 Å². The molecule has 2 heterocycles. The number of sulfonamides is 1. The van der Waals surface area contributed by atoms with Crippen LogP contribution in [0.15, 0.2) is 57.1 Å². The molecule has 0 atom stereocenters. The van der Waals surface area contributed by atoms with Crippen molar-refractivity contribution in [3.8, 4) is 11.4 Å². The number of aromatic nitrogens is 3. The molecule has 3 rings (SSSR count). The third-order valence-electron chi connectivity index (χ3n) is 3.61. The molecule has 2 aromatic heterocycles. The lowest BCUT2D eigenvalue weighted by Gasteiger charge is -2.06. The largest absolute Gasteiger partial charge is 0.469 e. The molecule has 0 fully saturated rings. The van der Waals surface area contributed by atoms with Gasteiger partial charge >= 0.3 is 0 Å². The first-order valence-electron chi connectivity index (χ1n) is 7.60. The summed E-state index contributed by atoms with van der Waals surface area (Å²) in [6, 6.07) is 10.2. The van der Waals surface area contributed by atoms with Crippen LogP contribution in [0.1, 0.15) is 5.76 Å². The maximum atomic E-state index is 12.1. The lowest BCUT2D eigenvalue weighted by Crippen LogP contribution is -2.26. The van der Waals surface area contributed by atoms with Gasteiger partial charge in [-0.3, -0.25) is 0 Å². The topological polar surface area (TPSA) is 90.0 Å². The summed E-state index contributed by atoms with van der Waals surface area (Å²) in [4.78, 5) is 0.261. The second-order valence-electron chi connectivity index (χ2n) is 5.31. The lowest BCUT2D eigenvalue weighted by molar-refractivity contribution is 0.534. The quantitative estimate of drug-likeness (QED) is 0.502. The predicted molar refractivity (Wildman–Crippen MR) is 95.8 cm³/mol. The van der Waals surface area contributed by atoms with Gasteiger partial charge in [-0.15, -0.1) is 10.2 Å². The number of furan rings is 1. The maximum absolute atomic E-state index is 12.1. The number of thioether (sulfide) groups is 1. The lowest BCUT2D eigenvalue weighted by atomic mass is 10.2. The van der Waals surface area contributed by atoms with Gasteiger partial charge in [0.25, 0.3) is 0 Å². The number of hydrogen-bond acceptors (Lipinski definition) is 6. The zero-order chi connectivity index (χ0) is 17.9. The summed E-state index contributed by atoms with van der Waals surface area (Å²) in [7, 11) is -1.61. The summed E-state index contributed by atoms with van der Waals surface area (Å²) >= 11 is 1.44. The number of aryl methyl sites for hydroxylation is 1. The molecule has 1 N–H and O–H groups in total. The van der Waals surface area contributed by atoms with Gasteiger partial charge in [-0.2, -0.15) is 0 Å². The van der Waals surface area contributed by atoms with E-state index >= 15 is 0 Å². The normalized spacial score (nSPS) is 11.8. The first-order chi connectivity index (χ1) is 12.0. The summed E-state index contributed by atoms with van der Waals surface area (Å²) in [6.45, 7) is 2.17. The van der Waals surface area contributed by atoms with Crippen LogP contribution in [0.4, 0.5) is 0 Å². The van der Waals surface area contributed by atoms with Crippen LogP contribution in [-0.2, 0) is 17.1 Å². The second kappa shape index (κ2) is 7.42. The van der Waals surface area contributed by atoms with E-state index in [-0.39, 0.29) is 4.90 Å². The molecule has 0 saturated carbocycles. The molecule has 132 valence electrons. The van der Waals surface area contributed by atoms with Crippen LogP contribution in [0, 0.1) is 6.92 Å². The molecular weight excluding hydrogens is 360 g/mol. The zero-order valence-electron chi connectivity index (χ0n) is 13.8. The summed E-state index contributed by atoms with van der Waals surface area (Å²) in [5, 5.41) is 9.07. The maximum Gasteiger partial charge on any atom is 0.240 e. The van der Waals surface area contributed by atoms with Crippen LogP contribution in [0.5, 0.6) is 0 Å². The minimum atomic E-state index is -3.48. The van der Waals surface area contributed by atoms with Crippen molar-refractivity contribution >= 4 is 21.8 Å². The van der Waals surface area contributed by atoms with Gasteiger partial charge in [0.2, 0.25) is 10.0 Å². The summed E-state index contributed by atoms with van der Waals surface area (Å²) in [6.07, 6.45) is 1.62. The van der Waals surface area contributed by atoms with Gasteiger partial charge in [0.15, 0.2) is 11.0 Å². The minimum Gasteiger partial charge on any atom is -0.469 e. The van der Waals surface area contributed by atoms with Gasteiger partial charge < -0.3 is 8.98 Å². The van der Waals surface area contributed by atoms with Crippen LogP contribution in [0.25, 0.3) is 11.4 Å². The van der Waals surface area contributed by atoms with Crippen molar-refractivity contribution in [3.05, 3.63) is 48.4 Å². The number of benzene rings is 1. The molecule has 0 aliphatic carbocycles. The van der Waals surface area contributed by atoms with Crippen molar-refractivity contribution in [1.29, 1.82) is 0 Å². The molecule has 0 saturated heterocycles. The predicted octanol–water partition coefficient (Wildman–Crippen LogP) is 2.45. The highest BCUT2D eigenvalue weighted by molar-refractivity contribution is 7.99. The second-order valence-corrected chi connectivity index (χ2v) is 8.14. The molecule has 0 unspecified atom stereocenters. The first kappa shape index (κ1) is 17.7. The Labute approximate surface area is 150 Å². The molecule has 0 aliphatic heterocycles. The average molecular weight is 378 g/mol. The molecule has 0 radical (unpaired) electrons. The Hall–Kier alpha value is -2.10. The Kier molecular flexibility index (Phi) is 5.26. The van der Waals surface area contributed by atoms with Crippen molar-refractivity contribution in [2.45, 2.75) is 17.0 Å². The van der Waals surface area contributed by atoms with Crippen molar-refractivity contribution < 1.29 is 12.8 Å². The van der Waals surface area contributed by atoms with E-state index in [4.69, 9.17) is 4.42 Å². The van der Waals surface area contributed by atoms with E-state index in [1.807, 2.05) is 24.6 Å². The van der Waals surface area contributed by atoms with Crippen LogP contribution < -0.4 is 4.72 Å². The number of rotatable bonds is 7. The highest BCUT2D eigenvalue weighted by Crippen LogP contribution is 2.25. The van der Waals surface area contributed by atoms with E-state index in [0.717, 1.165) is 22.3 Å². The van der Waals surface area contributed by atoms with E-state index in [2.05, 4.69) is 14.9 Å². The fraction of sp³-hybridized carbons (Fsp3) is 0.250. The van der Waals surface area contributed by atoms with Crippen LogP contribution in [0.3, 0.4) is 0 Å². The molecule has 25 heavy (non-hydrogen) atoms. The van der Waals surface area contributed by atoms with Crippen LogP contribution in [0.2, 0.25) is 0 Å². The fourth-order valence-electron chi connectivity index (χ4n) is 2.29. The summed E-state index contributed by atoms with van der Waals surface area (Å²) < 4.78 is 34.0. The monoisotopic (exact) mass is 378 g/mol. The van der Waals surface area contributed by atoms with E-state index in [9.17, 15) is 8.42 Å². The highest BCUT2D eigenvalue weighted by Gasteiger charge is 2.16. The third-order valence-corrected chi connectivity index (χ3v) is 6.11. The molecule has 7 nitrogen and oxygen atoms in total. The van der Waals surface area contributed by atoms with E-state index in [0.29, 0.717) is 12.3 Å². The van der Waals surface area contributed by atoms with Crippen molar-refractivity contribution in [3.63, 3.8) is 0 Å². The van der Waals surface area contributed by atoms with Crippen molar-refractivity contribution in [1.82, 2.24) is 19.5 Å². The van der Waals surface area contributed by atoms with Crippen molar-refractivity contribution in [2.75, 3.05) is 12.3 Å². The molecule has 9 heteroatoms. The molecule has 0 amide bonds. The van der Waals surface area contributed by atoms with E-state index in [1.54, 1.807) is 36.6 Å². The molecular formula is C16H18N4O3S2. The van der Waals surface area contributed by atoms with Gasteiger partial charge in [0.1, 0.15) is 5.76 Å². The van der Waals surface area contributed by atoms with Gasteiger partial charge in [-0.1, -0.05) is 30.0 Å². The van der Waals surface area contributed by atoms with Gasteiger partial charge in [-0.05, 0) is 25.1 Å². The Balaban J connectivity index is 1.58. The van der Waals surface area contributed by atoms with Crippen LogP contribution >= 0.6 is 11.8 Å². The fourth-order valence-corrected chi connectivity index (χ4v) is 4.24. The first-order valence-corrected chi connectivity index (χ1v) is 10.1. The molecule has 1 aromatic carbocycles. The molecule has 0 aliphatic rings. The third kappa shape index (κ3) is 3.94.